The first-order valence-corrected chi connectivity index (χ1v) is 15.5. The Labute approximate surface area is 248 Å². The quantitative estimate of drug-likeness (QED) is 0.305. The molecule has 3 aromatic rings. The van der Waals surface area contributed by atoms with Crippen LogP contribution < -0.4 is 20.4 Å². The van der Waals surface area contributed by atoms with Gasteiger partial charge in [-0.1, -0.05) is 74.2 Å². The van der Waals surface area contributed by atoms with Gasteiger partial charge in [-0.2, -0.15) is 9.97 Å². The zero-order valence-corrected chi connectivity index (χ0v) is 24.9. The summed E-state index contributed by atoms with van der Waals surface area (Å²) in [5, 5.41) is 8.25. The van der Waals surface area contributed by atoms with E-state index in [9.17, 15) is 0 Å². The molecule has 2 aromatic carbocycles. The minimum Gasteiger partial charge on any atom is -0.361 e. The molecule has 1 saturated heterocycles. The third-order valence-corrected chi connectivity index (χ3v) is 9.39. The molecule has 1 saturated carbocycles. The van der Waals surface area contributed by atoms with Crippen molar-refractivity contribution in [1.29, 1.82) is 0 Å². The highest BCUT2D eigenvalue weighted by Gasteiger charge is 2.34. The first kappa shape index (κ1) is 27.3. The Balaban J connectivity index is 1.21. The maximum atomic E-state index is 6.40. The van der Waals surface area contributed by atoms with E-state index in [1.54, 1.807) is 0 Å². The summed E-state index contributed by atoms with van der Waals surface area (Å²) in [6.45, 7) is 6.83. The summed E-state index contributed by atoms with van der Waals surface area (Å²) < 4.78 is 0. The molecule has 0 radical (unpaired) electrons. The lowest BCUT2D eigenvalue weighted by molar-refractivity contribution is 0.292. The molecule has 2 fully saturated rings. The van der Waals surface area contributed by atoms with Gasteiger partial charge in [0.25, 0.3) is 0 Å². The molecule has 40 heavy (non-hydrogen) atoms. The predicted octanol–water partition coefficient (Wildman–Crippen LogP) is 7.08. The monoisotopic (exact) mass is 574 g/mol. The van der Waals surface area contributed by atoms with Crippen molar-refractivity contribution in [3.63, 3.8) is 0 Å². The number of nitrogens with one attached hydrogen (secondary N) is 2. The van der Waals surface area contributed by atoms with Crippen molar-refractivity contribution in [2.24, 2.45) is 5.92 Å². The molecule has 1 aromatic heterocycles. The standard InChI is InChI=1S/C32H39ClN6S/c1-23-9-8-16-38(19-23)28-18-29(39-20-24-10-3-4-11-25(24)21-39)36-30(35-28)37-31(40)34-22-32(14-5-2-6-15-32)26-12-7-13-27(33)17-26/h3-4,7,10-13,17-18,23H,2,5-6,8-9,14-16,19-22H2,1H3,(H2,34,35,36,37,40)/t23-/m0/s1. The fourth-order valence-electron chi connectivity index (χ4n) is 6.70. The Bertz CT molecular complexity index is 1330. The zero-order chi connectivity index (χ0) is 27.5. The maximum Gasteiger partial charge on any atom is 0.232 e. The SMILES string of the molecule is C[C@H]1CCCN(c2cc(N3Cc4ccccc4C3)nc(NC(=S)NCC3(c4cccc(Cl)c4)CCCCC3)n2)C1. The third-order valence-electron chi connectivity index (χ3n) is 8.91. The van der Waals surface area contributed by atoms with E-state index in [0.717, 1.165) is 62.2 Å². The van der Waals surface area contributed by atoms with Crippen LogP contribution in [0.3, 0.4) is 0 Å². The fourth-order valence-corrected chi connectivity index (χ4v) is 7.06. The first-order chi connectivity index (χ1) is 19.5. The lowest BCUT2D eigenvalue weighted by atomic mass is 9.69. The van der Waals surface area contributed by atoms with Crippen LogP contribution in [0.15, 0.2) is 54.6 Å². The van der Waals surface area contributed by atoms with Crippen molar-refractivity contribution < 1.29 is 0 Å². The number of anilines is 3. The van der Waals surface area contributed by atoms with Gasteiger partial charge in [0.05, 0.1) is 0 Å². The second-order valence-corrected chi connectivity index (χ2v) is 12.7. The number of aromatic nitrogens is 2. The lowest BCUT2D eigenvalue weighted by Crippen LogP contribution is -2.43. The molecule has 0 unspecified atom stereocenters. The van der Waals surface area contributed by atoms with Crippen molar-refractivity contribution in [2.45, 2.75) is 70.4 Å². The molecular formula is C32H39ClN6S. The predicted molar refractivity (Wildman–Crippen MR) is 169 cm³/mol. The van der Waals surface area contributed by atoms with Gasteiger partial charge < -0.3 is 20.4 Å². The molecule has 1 aliphatic carbocycles. The average molecular weight is 575 g/mol. The van der Waals surface area contributed by atoms with Crippen molar-refractivity contribution >= 4 is 46.5 Å². The molecule has 0 bridgehead atoms. The Morgan fingerprint density at radius 1 is 0.950 bits per heavy atom. The molecule has 2 aliphatic heterocycles. The number of hydrogen-bond donors (Lipinski definition) is 2. The molecule has 0 spiro atoms. The highest BCUT2D eigenvalue weighted by atomic mass is 35.5. The van der Waals surface area contributed by atoms with Gasteiger partial charge in [-0.3, -0.25) is 0 Å². The van der Waals surface area contributed by atoms with Gasteiger partial charge in [-0.15, -0.1) is 0 Å². The van der Waals surface area contributed by atoms with Gasteiger partial charge >= 0.3 is 0 Å². The van der Waals surface area contributed by atoms with Crippen LogP contribution in [0.5, 0.6) is 0 Å². The topological polar surface area (TPSA) is 56.3 Å². The van der Waals surface area contributed by atoms with Crippen LogP contribution in [0.1, 0.15) is 68.6 Å². The van der Waals surface area contributed by atoms with E-state index < -0.39 is 0 Å². The summed E-state index contributed by atoms with van der Waals surface area (Å²) in [5.41, 5.74) is 4.04. The molecule has 1 atom stereocenters. The van der Waals surface area contributed by atoms with E-state index in [1.807, 2.05) is 6.07 Å². The number of thiocarbonyl (C=S) groups is 1. The number of hydrogen-bond acceptors (Lipinski definition) is 5. The van der Waals surface area contributed by atoms with Crippen LogP contribution in [0.25, 0.3) is 0 Å². The molecule has 2 N–H and O–H groups in total. The summed E-state index contributed by atoms with van der Waals surface area (Å²) in [5.74, 6) is 3.12. The fraction of sp³-hybridized carbons (Fsp3) is 0.469. The van der Waals surface area contributed by atoms with Crippen LogP contribution in [0, 0.1) is 5.92 Å². The second kappa shape index (κ2) is 11.9. The van der Waals surface area contributed by atoms with Gasteiger partial charge in [0.2, 0.25) is 5.95 Å². The first-order valence-electron chi connectivity index (χ1n) is 14.7. The smallest absolute Gasteiger partial charge is 0.232 e. The summed E-state index contributed by atoms with van der Waals surface area (Å²) in [7, 11) is 0. The van der Waals surface area contributed by atoms with E-state index in [1.165, 1.54) is 48.8 Å². The number of nitrogens with zero attached hydrogens (tertiary/aromatic N) is 4. The Kier molecular flexibility index (Phi) is 8.12. The summed E-state index contributed by atoms with van der Waals surface area (Å²) in [4.78, 5) is 14.7. The molecule has 0 amide bonds. The van der Waals surface area contributed by atoms with Crippen LogP contribution >= 0.6 is 23.8 Å². The highest BCUT2D eigenvalue weighted by molar-refractivity contribution is 7.80. The Hall–Kier alpha value is -2.90. The number of rotatable bonds is 6. The Morgan fingerprint density at radius 2 is 1.68 bits per heavy atom. The van der Waals surface area contributed by atoms with E-state index in [2.05, 4.69) is 75.9 Å². The van der Waals surface area contributed by atoms with E-state index >= 15 is 0 Å². The second-order valence-electron chi connectivity index (χ2n) is 11.9. The van der Waals surface area contributed by atoms with Crippen LogP contribution in [0.2, 0.25) is 5.02 Å². The van der Waals surface area contributed by atoms with Crippen molar-refractivity contribution in [3.05, 3.63) is 76.3 Å². The molecular weight excluding hydrogens is 536 g/mol. The molecule has 6 nitrogen and oxygen atoms in total. The number of fused-ring (bicyclic) bond motifs is 1. The van der Waals surface area contributed by atoms with E-state index in [-0.39, 0.29) is 5.41 Å². The summed E-state index contributed by atoms with van der Waals surface area (Å²) in [6.07, 6.45) is 8.42. The summed E-state index contributed by atoms with van der Waals surface area (Å²) >= 11 is 12.2. The number of piperidine rings is 1. The maximum absolute atomic E-state index is 6.40. The zero-order valence-electron chi connectivity index (χ0n) is 23.3. The van der Waals surface area contributed by atoms with Crippen molar-refractivity contribution in [1.82, 2.24) is 15.3 Å². The van der Waals surface area contributed by atoms with Crippen LogP contribution in [-0.4, -0.2) is 34.7 Å². The highest BCUT2D eigenvalue weighted by Crippen LogP contribution is 2.40. The largest absolute Gasteiger partial charge is 0.361 e. The van der Waals surface area contributed by atoms with Crippen molar-refractivity contribution in [3.8, 4) is 0 Å². The van der Waals surface area contributed by atoms with Crippen LogP contribution in [-0.2, 0) is 18.5 Å². The Morgan fingerprint density at radius 3 is 2.38 bits per heavy atom. The lowest BCUT2D eigenvalue weighted by Gasteiger charge is -2.38. The minimum atomic E-state index is 0.0218. The average Bonchev–Trinajstić information content (AvgIpc) is 3.41. The molecule has 6 rings (SSSR count). The number of halogens is 1. The van der Waals surface area contributed by atoms with E-state index in [0.29, 0.717) is 17.0 Å². The minimum absolute atomic E-state index is 0.0218. The van der Waals surface area contributed by atoms with Gasteiger partial charge in [-0.05, 0) is 72.6 Å². The van der Waals surface area contributed by atoms with Gasteiger partial charge in [0.15, 0.2) is 5.11 Å². The molecule has 3 heterocycles. The normalized spacial score (nSPS) is 20.2. The van der Waals surface area contributed by atoms with Gasteiger partial charge in [-0.25, -0.2) is 0 Å². The number of benzene rings is 2. The molecule has 8 heteroatoms. The summed E-state index contributed by atoms with van der Waals surface area (Å²) in [6, 6.07) is 19.1. The van der Waals surface area contributed by atoms with Gasteiger partial charge in [0.1, 0.15) is 11.6 Å². The molecule has 210 valence electrons. The van der Waals surface area contributed by atoms with Gasteiger partial charge in [0, 0.05) is 49.2 Å². The van der Waals surface area contributed by atoms with Crippen LogP contribution in [0.4, 0.5) is 17.6 Å². The molecule has 3 aliphatic rings. The van der Waals surface area contributed by atoms with E-state index in [4.69, 9.17) is 33.8 Å². The van der Waals surface area contributed by atoms with Crippen molar-refractivity contribution in [2.75, 3.05) is 34.8 Å². The third kappa shape index (κ3) is 6.06.